The Bertz CT molecular complexity index is 1060. The predicted molar refractivity (Wildman–Crippen MR) is 92.7 cm³/mol. The molecule has 0 spiro atoms. The van der Waals surface area contributed by atoms with Gasteiger partial charge in [0.2, 0.25) is 5.78 Å². The van der Waals surface area contributed by atoms with Crippen LogP contribution in [-0.2, 0) is 10.0 Å². The first kappa shape index (κ1) is 16.5. The monoisotopic (exact) mass is 373 g/mol. The zero-order valence-corrected chi connectivity index (χ0v) is 14.6. The molecule has 0 aromatic heterocycles. The molecule has 7 nitrogen and oxygen atoms in total. The SMILES string of the molecule is CN1C(=C(O)c2ccc3c(c2)OCCO3)C(=O)c2ccccc2S1(=O)=O. The molecule has 2 heterocycles. The third-order valence-electron chi connectivity index (χ3n) is 4.34. The number of aliphatic hydroxyl groups is 1. The van der Waals surface area contributed by atoms with Crippen molar-refractivity contribution in [1.29, 1.82) is 0 Å². The number of Topliss-reactive ketones (excluding diaryl/α,β-unsaturated/α-hetero) is 1. The van der Waals surface area contributed by atoms with Crippen LogP contribution in [-0.4, -0.2) is 43.9 Å². The number of ether oxygens (including phenoxy) is 2. The van der Waals surface area contributed by atoms with Crippen LogP contribution in [0.3, 0.4) is 0 Å². The fourth-order valence-electron chi connectivity index (χ4n) is 3.00. The van der Waals surface area contributed by atoms with E-state index in [9.17, 15) is 18.3 Å². The van der Waals surface area contributed by atoms with Crippen molar-refractivity contribution < 1.29 is 27.8 Å². The lowest BCUT2D eigenvalue weighted by molar-refractivity contribution is 0.100. The number of nitrogens with zero attached hydrogens (tertiary/aromatic N) is 1. The number of fused-ring (bicyclic) bond motifs is 2. The van der Waals surface area contributed by atoms with Gasteiger partial charge in [0.25, 0.3) is 10.0 Å². The molecule has 0 saturated heterocycles. The molecular weight excluding hydrogens is 358 g/mol. The minimum absolute atomic E-state index is 0.0321. The highest BCUT2D eigenvalue weighted by molar-refractivity contribution is 7.89. The Morgan fingerprint density at radius 2 is 1.77 bits per heavy atom. The number of allylic oxidation sites excluding steroid dienone is 1. The Hall–Kier alpha value is -3.00. The molecule has 2 aromatic carbocycles. The van der Waals surface area contributed by atoms with Crippen molar-refractivity contribution in [3.63, 3.8) is 0 Å². The summed E-state index contributed by atoms with van der Waals surface area (Å²) >= 11 is 0. The van der Waals surface area contributed by atoms with Crippen molar-refractivity contribution in [3.8, 4) is 11.5 Å². The van der Waals surface area contributed by atoms with Crippen LogP contribution in [0.5, 0.6) is 11.5 Å². The lowest BCUT2D eigenvalue weighted by atomic mass is 10.0. The number of aliphatic hydroxyl groups excluding tert-OH is 1. The highest BCUT2D eigenvalue weighted by atomic mass is 32.2. The molecular formula is C18H15NO6S. The van der Waals surface area contributed by atoms with Gasteiger partial charge in [-0.25, -0.2) is 8.42 Å². The first-order chi connectivity index (χ1) is 12.4. The lowest BCUT2D eigenvalue weighted by Gasteiger charge is -2.28. The Kier molecular flexibility index (Phi) is 3.66. The normalized spacial score (nSPS) is 19.7. The zero-order chi connectivity index (χ0) is 18.5. The van der Waals surface area contributed by atoms with Crippen molar-refractivity contribution in [2.24, 2.45) is 0 Å². The van der Waals surface area contributed by atoms with E-state index in [0.29, 0.717) is 24.7 Å². The summed E-state index contributed by atoms with van der Waals surface area (Å²) in [6.07, 6.45) is 0. The molecule has 0 radical (unpaired) electrons. The standard InChI is InChI=1S/C18H15NO6S/c1-19-16(18(21)12-4-2-3-5-15(12)26(19,22)23)17(20)11-6-7-13-14(10-11)25-9-8-24-13/h2-7,10,20H,8-9H2,1H3. The van der Waals surface area contributed by atoms with Gasteiger partial charge in [-0.15, -0.1) is 0 Å². The molecule has 2 aromatic rings. The number of rotatable bonds is 1. The predicted octanol–water partition coefficient (Wildman–Crippen LogP) is 2.20. The zero-order valence-electron chi connectivity index (χ0n) is 13.8. The minimum atomic E-state index is -3.93. The van der Waals surface area contributed by atoms with Crippen molar-refractivity contribution >= 4 is 21.6 Å². The summed E-state index contributed by atoms with van der Waals surface area (Å²) in [5, 5.41) is 10.7. The summed E-state index contributed by atoms with van der Waals surface area (Å²) in [4.78, 5) is 12.8. The van der Waals surface area contributed by atoms with E-state index in [0.717, 1.165) is 4.31 Å². The first-order valence-electron chi connectivity index (χ1n) is 7.87. The number of carbonyl (C=O) groups excluding carboxylic acids is 1. The Morgan fingerprint density at radius 3 is 2.54 bits per heavy atom. The van der Waals surface area contributed by atoms with Crippen LogP contribution in [0.2, 0.25) is 0 Å². The van der Waals surface area contributed by atoms with Crippen LogP contribution in [0.15, 0.2) is 53.1 Å². The average Bonchev–Trinajstić information content (AvgIpc) is 2.66. The minimum Gasteiger partial charge on any atom is -0.505 e. The number of hydrogen-bond acceptors (Lipinski definition) is 6. The van der Waals surface area contributed by atoms with E-state index in [-0.39, 0.29) is 21.7 Å². The van der Waals surface area contributed by atoms with Crippen molar-refractivity contribution in [2.75, 3.05) is 20.3 Å². The summed E-state index contributed by atoms with van der Waals surface area (Å²) in [6.45, 7) is 0.796. The number of sulfonamides is 1. The second kappa shape index (κ2) is 5.77. The maximum Gasteiger partial charge on any atom is 0.265 e. The van der Waals surface area contributed by atoms with Gasteiger partial charge in [-0.05, 0) is 30.3 Å². The fraction of sp³-hybridized carbons (Fsp3) is 0.167. The van der Waals surface area contributed by atoms with E-state index in [1.54, 1.807) is 24.3 Å². The summed E-state index contributed by atoms with van der Waals surface area (Å²) in [5.41, 5.74) is -0.0101. The maximum absolute atomic E-state index is 12.8. The fourth-order valence-corrected chi connectivity index (χ4v) is 4.40. The van der Waals surface area contributed by atoms with E-state index in [1.807, 2.05) is 0 Å². The molecule has 0 aliphatic carbocycles. The van der Waals surface area contributed by atoms with Crippen LogP contribution in [0.25, 0.3) is 5.76 Å². The highest BCUT2D eigenvalue weighted by Gasteiger charge is 2.39. The van der Waals surface area contributed by atoms with Crippen molar-refractivity contribution in [2.45, 2.75) is 4.90 Å². The Morgan fingerprint density at radius 1 is 1.08 bits per heavy atom. The molecule has 0 atom stereocenters. The second-order valence-electron chi connectivity index (χ2n) is 5.85. The van der Waals surface area contributed by atoms with Crippen molar-refractivity contribution in [3.05, 3.63) is 59.3 Å². The van der Waals surface area contributed by atoms with E-state index < -0.39 is 21.6 Å². The lowest BCUT2D eigenvalue weighted by Crippen LogP contribution is -2.37. The molecule has 4 rings (SSSR count). The quantitative estimate of drug-likeness (QED) is 0.608. The molecule has 1 N–H and O–H groups in total. The van der Waals surface area contributed by atoms with Gasteiger partial charge in [-0.1, -0.05) is 12.1 Å². The molecule has 0 unspecified atom stereocenters. The second-order valence-corrected chi connectivity index (χ2v) is 7.79. The number of likely N-dealkylation sites (N-methyl/N-ethyl adjacent to an activating group) is 1. The molecule has 0 saturated carbocycles. The topological polar surface area (TPSA) is 93.1 Å². The van der Waals surface area contributed by atoms with Gasteiger partial charge < -0.3 is 14.6 Å². The first-order valence-corrected chi connectivity index (χ1v) is 9.31. The van der Waals surface area contributed by atoms with Gasteiger partial charge in [0.05, 0.1) is 4.90 Å². The van der Waals surface area contributed by atoms with Gasteiger partial charge in [0, 0.05) is 18.2 Å². The molecule has 2 aliphatic heterocycles. The van der Waals surface area contributed by atoms with Gasteiger partial charge >= 0.3 is 0 Å². The van der Waals surface area contributed by atoms with Gasteiger partial charge in [0.1, 0.15) is 18.9 Å². The Balaban J connectivity index is 1.90. The van der Waals surface area contributed by atoms with Crippen LogP contribution < -0.4 is 9.47 Å². The van der Waals surface area contributed by atoms with Crippen LogP contribution >= 0.6 is 0 Å². The van der Waals surface area contributed by atoms with Gasteiger partial charge in [0.15, 0.2) is 17.3 Å². The molecule has 26 heavy (non-hydrogen) atoms. The molecule has 2 aliphatic rings. The number of ketones is 1. The van der Waals surface area contributed by atoms with E-state index in [2.05, 4.69) is 0 Å². The largest absolute Gasteiger partial charge is 0.505 e. The smallest absolute Gasteiger partial charge is 0.265 e. The molecule has 0 bridgehead atoms. The van der Waals surface area contributed by atoms with E-state index in [4.69, 9.17) is 9.47 Å². The average molecular weight is 373 g/mol. The van der Waals surface area contributed by atoms with Crippen molar-refractivity contribution in [1.82, 2.24) is 4.31 Å². The van der Waals surface area contributed by atoms with Crippen LogP contribution in [0, 0.1) is 0 Å². The van der Waals surface area contributed by atoms with Crippen LogP contribution in [0.4, 0.5) is 0 Å². The number of hydrogen-bond donors (Lipinski definition) is 1. The summed E-state index contributed by atoms with van der Waals surface area (Å²) in [7, 11) is -2.69. The Labute approximate surface area is 150 Å². The van der Waals surface area contributed by atoms with E-state index in [1.165, 1.54) is 25.2 Å². The molecule has 134 valence electrons. The molecule has 0 amide bonds. The van der Waals surface area contributed by atoms with Crippen LogP contribution in [0.1, 0.15) is 15.9 Å². The third-order valence-corrected chi connectivity index (χ3v) is 6.16. The summed E-state index contributed by atoms with van der Waals surface area (Å²) < 4.78 is 37.1. The summed E-state index contributed by atoms with van der Waals surface area (Å²) in [6, 6.07) is 10.6. The maximum atomic E-state index is 12.8. The van der Waals surface area contributed by atoms with Gasteiger partial charge in [-0.2, -0.15) is 0 Å². The molecule has 8 heteroatoms. The number of benzene rings is 2. The third kappa shape index (κ3) is 2.33. The highest BCUT2D eigenvalue weighted by Crippen LogP contribution is 2.37. The molecule has 0 fully saturated rings. The number of carbonyl (C=O) groups is 1. The van der Waals surface area contributed by atoms with E-state index >= 15 is 0 Å². The van der Waals surface area contributed by atoms with Gasteiger partial charge in [-0.3, -0.25) is 9.10 Å². The summed E-state index contributed by atoms with van der Waals surface area (Å²) in [5.74, 6) is -0.0490.